The summed E-state index contributed by atoms with van der Waals surface area (Å²) in [7, 11) is -3.62. The van der Waals surface area contributed by atoms with Crippen LogP contribution in [0.1, 0.15) is 18.7 Å². The summed E-state index contributed by atoms with van der Waals surface area (Å²) in [4.78, 5) is 13.3. The fraction of sp³-hybridized carbons (Fsp3) is 0.250. The lowest BCUT2D eigenvalue weighted by Crippen LogP contribution is -2.46. The minimum Gasteiger partial charge on any atom is -0.271 e. The molecule has 8 heteroatoms. The van der Waals surface area contributed by atoms with Crippen LogP contribution >= 0.6 is 11.3 Å². The van der Waals surface area contributed by atoms with Crippen LogP contribution in [0.2, 0.25) is 0 Å². The number of hydrogen-bond donors (Lipinski definition) is 1. The van der Waals surface area contributed by atoms with Crippen LogP contribution in [0.25, 0.3) is 0 Å². The van der Waals surface area contributed by atoms with Crippen LogP contribution in [0.4, 0.5) is 5.69 Å². The number of hydrazone groups is 1. The Labute approximate surface area is 145 Å². The highest BCUT2D eigenvalue weighted by atomic mass is 32.2. The Morgan fingerprint density at radius 3 is 2.42 bits per heavy atom. The smallest absolute Gasteiger partial charge is 0.263 e. The average molecular weight is 365 g/mol. The van der Waals surface area contributed by atoms with E-state index in [4.69, 9.17) is 0 Å². The second-order valence-corrected chi connectivity index (χ2v) is 8.03. The fourth-order valence-corrected chi connectivity index (χ4v) is 4.01. The molecule has 0 unspecified atom stereocenters. The van der Waals surface area contributed by atoms with Gasteiger partial charge in [-0.05, 0) is 37.4 Å². The fourth-order valence-electron chi connectivity index (χ4n) is 2.16. The molecule has 0 aliphatic carbocycles. The Bertz CT molecular complexity index is 816. The predicted octanol–water partition coefficient (Wildman–Crippen LogP) is 2.44. The van der Waals surface area contributed by atoms with Crippen molar-refractivity contribution in [2.24, 2.45) is 5.10 Å². The van der Waals surface area contributed by atoms with Gasteiger partial charge in [0.25, 0.3) is 5.91 Å². The minimum atomic E-state index is -3.62. The highest BCUT2D eigenvalue weighted by Crippen LogP contribution is 2.20. The molecule has 1 N–H and O–H groups in total. The molecular weight excluding hydrogens is 346 g/mol. The molecule has 1 amide bonds. The zero-order valence-electron chi connectivity index (χ0n) is 13.6. The largest absolute Gasteiger partial charge is 0.271 e. The number of carbonyl (C=O) groups excluding carboxylic acids is 1. The van der Waals surface area contributed by atoms with Gasteiger partial charge in [-0.1, -0.05) is 24.3 Å². The van der Waals surface area contributed by atoms with Crippen LogP contribution in [0.5, 0.6) is 0 Å². The summed E-state index contributed by atoms with van der Waals surface area (Å²) in [6.45, 7) is 3.31. The lowest BCUT2D eigenvalue weighted by molar-refractivity contribution is -0.121. The van der Waals surface area contributed by atoms with E-state index in [1.54, 1.807) is 37.3 Å². The van der Waals surface area contributed by atoms with Crippen molar-refractivity contribution in [3.63, 3.8) is 0 Å². The molecule has 24 heavy (non-hydrogen) atoms. The molecule has 0 bridgehead atoms. The molecule has 0 spiro atoms. The van der Waals surface area contributed by atoms with Crippen molar-refractivity contribution in [1.29, 1.82) is 0 Å². The standard InChI is InChI=1S/C16H19N3O3S2/c1-12(15-10-7-11-23-15)17-18-16(20)13(2)19(24(3,21)22)14-8-5-4-6-9-14/h4-11,13H,1-3H3,(H,18,20)/b17-12-/t13-/m0/s1. The van der Waals surface area contributed by atoms with E-state index in [1.807, 2.05) is 17.5 Å². The number of thiophene rings is 1. The number of para-hydroxylation sites is 1. The van der Waals surface area contributed by atoms with Gasteiger partial charge in [0.15, 0.2) is 0 Å². The van der Waals surface area contributed by atoms with Crippen LogP contribution in [-0.2, 0) is 14.8 Å². The molecule has 128 valence electrons. The van der Waals surface area contributed by atoms with E-state index in [0.29, 0.717) is 11.4 Å². The Balaban J connectivity index is 2.19. The predicted molar refractivity (Wildman–Crippen MR) is 97.9 cm³/mol. The van der Waals surface area contributed by atoms with E-state index in [1.165, 1.54) is 18.3 Å². The first-order valence-corrected chi connectivity index (χ1v) is 9.96. The van der Waals surface area contributed by atoms with Crippen molar-refractivity contribution in [2.75, 3.05) is 10.6 Å². The normalized spacial score (nSPS) is 13.4. The second-order valence-electron chi connectivity index (χ2n) is 5.22. The number of anilines is 1. The molecular formula is C16H19N3O3S2. The van der Waals surface area contributed by atoms with Gasteiger partial charge in [0.2, 0.25) is 10.0 Å². The molecule has 0 radical (unpaired) electrons. The molecule has 0 saturated heterocycles. The number of amides is 1. The first kappa shape index (κ1) is 18.2. The van der Waals surface area contributed by atoms with Gasteiger partial charge in [0.1, 0.15) is 6.04 Å². The number of sulfonamides is 1. The van der Waals surface area contributed by atoms with Gasteiger partial charge in [-0.2, -0.15) is 5.10 Å². The summed E-state index contributed by atoms with van der Waals surface area (Å²) in [5.74, 6) is -0.500. The second kappa shape index (κ2) is 7.59. The van der Waals surface area contributed by atoms with Gasteiger partial charge < -0.3 is 0 Å². The Morgan fingerprint density at radius 2 is 1.88 bits per heavy atom. The van der Waals surface area contributed by atoms with Crippen molar-refractivity contribution >= 4 is 38.7 Å². The van der Waals surface area contributed by atoms with E-state index in [0.717, 1.165) is 15.4 Å². The summed E-state index contributed by atoms with van der Waals surface area (Å²) in [5.41, 5.74) is 3.54. The third-order valence-corrected chi connectivity index (χ3v) is 5.53. The minimum absolute atomic E-state index is 0.432. The van der Waals surface area contributed by atoms with E-state index >= 15 is 0 Å². The summed E-state index contributed by atoms with van der Waals surface area (Å²) < 4.78 is 25.3. The summed E-state index contributed by atoms with van der Waals surface area (Å²) >= 11 is 1.51. The summed E-state index contributed by atoms with van der Waals surface area (Å²) in [6.07, 6.45) is 1.07. The van der Waals surface area contributed by atoms with Crippen LogP contribution in [0, 0.1) is 0 Å². The maximum Gasteiger partial charge on any atom is 0.263 e. The van der Waals surface area contributed by atoms with E-state index in [-0.39, 0.29) is 0 Å². The van der Waals surface area contributed by atoms with Crippen LogP contribution < -0.4 is 9.73 Å². The van der Waals surface area contributed by atoms with Crippen molar-refractivity contribution < 1.29 is 13.2 Å². The Kier molecular flexibility index (Phi) is 5.74. The van der Waals surface area contributed by atoms with Gasteiger partial charge in [-0.3, -0.25) is 9.10 Å². The van der Waals surface area contributed by atoms with Gasteiger partial charge >= 0.3 is 0 Å². The Hall–Kier alpha value is -2.19. The quantitative estimate of drug-likeness (QED) is 0.631. The van der Waals surface area contributed by atoms with Gasteiger partial charge in [0, 0.05) is 4.88 Å². The SMILES string of the molecule is C/C(=N/NC(=O)[C@H](C)N(c1ccccc1)S(C)(=O)=O)c1cccs1. The summed E-state index contributed by atoms with van der Waals surface area (Å²) in [5, 5.41) is 5.97. The molecule has 1 heterocycles. The third-order valence-electron chi connectivity index (χ3n) is 3.31. The van der Waals surface area contributed by atoms with Gasteiger partial charge in [-0.25, -0.2) is 13.8 Å². The zero-order chi connectivity index (χ0) is 17.7. The maximum atomic E-state index is 12.4. The van der Waals surface area contributed by atoms with Gasteiger partial charge in [-0.15, -0.1) is 11.3 Å². The van der Waals surface area contributed by atoms with Crippen LogP contribution in [-0.4, -0.2) is 32.3 Å². The number of benzene rings is 1. The molecule has 1 aromatic heterocycles. The molecule has 6 nitrogen and oxygen atoms in total. The topological polar surface area (TPSA) is 78.8 Å². The lowest BCUT2D eigenvalue weighted by Gasteiger charge is -2.27. The molecule has 1 atom stereocenters. The van der Waals surface area contributed by atoms with Crippen LogP contribution in [0.3, 0.4) is 0 Å². The van der Waals surface area contributed by atoms with Crippen molar-refractivity contribution in [2.45, 2.75) is 19.9 Å². The van der Waals surface area contributed by atoms with E-state index in [9.17, 15) is 13.2 Å². The van der Waals surface area contributed by atoms with E-state index < -0.39 is 22.0 Å². The molecule has 2 aromatic rings. The van der Waals surface area contributed by atoms with Crippen LogP contribution in [0.15, 0.2) is 52.9 Å². The number of rotatable bonds is 6. The first-order chi connectivity index (χ1) is 11.3. The highest BCUT2D eigenvalue weighted by molar-refractivity contribution is 7.92. The van der Waals surface area contributed by atoms with Gasteiger partial charge in [0.05, 0.1) is 17.7 Å². The maximum absolute atomic E-state index is 12.4. The average Bonchev–Trinajstić information content (AvgIpc) is 3.06. The number of carbonyl (C=O) groups is 1. The molecule has 1 aromatic carbocycles. The van der Waals surface area contributed by atoms with Crippen molar-refractivity contribution in [3.8, 4) is 0 Å². The third kappa shape index (κ3) is 4.42. The number of hydrogen-bond acceptors (Lipinski definition) is 5. The number of nitrogens with one attached hydrogen (secondary N) is 1. The molecule has 0 aliphatic rings. The molecule has 0 aliphatic heterocycles. The van der Waals surface area contributed by atoms with Crippen molar-refractivity contribution in [1.82, 2.24) is 5.43 Å². The lowest BCUT2D eigenvalue weighted by atomic mass is 10.2. The first-order valence-electron chi connectivity index (χ1n) is 7.23. The highest BCUT2D eigenvalue weighted by Gasteiger charge is 2.28. The molecule has 0 fully saturated rings. The van der Waals surface area contributed by atoms with Crippen molar-refractivity contribution in [3.05, 3.63) is 52.7 Å². The zero-order valence-corrected chi connectivity index (χ0v) is 15.3. The monoisotopic (exact) mass is 365 g/mol. The molecule has 2 rings (SSSR count). The van der Waals surface area contributed by atoms with E-state index in [2.05, 4.69) is 10.5 Å². The molecule has 0 saturated carbocycles. The Morgan fingerprint density at radius 1 is 1.21 bits per heavy atom. The number of nitrogens with zero attached hydrogens (tertiary/aromatic N) is 2. The summed E-state index contributed by atoms with van der Waals surface area (Å²) in [6, 6.07) is 11.4.